The van der Waals surface area contributed by atoms with Crippen LogP contribution in [0.3, 0.4) is 0 Å². The second kappa shape index (κ2) is 10.5. The minimum absolute atomic E-state index is 0.151. The monoisotopic (exact) mass is 405 g/mol. The number of halogens is 3. The molecule has 1 fully saturated rings. The maximum Gasteiger partial charge on any atom is 0.416 e. The summed E-state index contributed by atoms with van der Waals surface area (Å²) in [5, 5.41) is 0. The molecule has 2 amide bonds. The molecule has 4 nitrogen and oxygen atoms in total. The molecule has 0 aromatic heterocycles. The van der Waals surface area contributed by atoms with Crippen molar-refractivity contribution in [3.8, 4) is 0 Å². The van der Waals surface area contributed by atoms with Gasteiger partial charge in [-0.05, 0) is 42.2 Å². The molecule has 154 valence electrons. The van der Waals surface area contributed by atoms with Gasteiger partial charge in [-0.1, -0.05) is 49.4 Å². The van der Waals surface area contributed by atoms with Crippen LogP contribution in [0.5, 0.6) is 0 Å². The van der Waals surface area contributed by atoms with Crippen LogP contribution >= 0.6 is 0 Å². The number of nitrogens with zero attached hydrogens (tertiary/aromatic N) is 1. The van der Waals surface area contributed by atoms with E-state index >= 15 is 0 Å². The average molecular weight is 405 g/mol. The predicted molar refractivity (Wildman–Crippen MR) is 105 cm³/mol. The Bertz CT molecular complexity index is 834. The van der Waals surface area contributed by atoms with Crippen molar-refractivity contribution < 1.29 is 27.5 Å². The number of rotatable bonds is 3. The van der Waals surface area contributed by atoms with Crippen molar-refractivity contribution in [1.29, 1.82) is 0 Å². The van der Waals surface area contributed by atoms with Crippen LogP contribution in [0.1, 0.15) is 30.9 Å². The first-order chi connectivity index (χ1) is 13.8. The van der Waals surface area contributed by atoms with Crippen LogP contribution < -0.4 is 0 Å². The second-order valence-corrected chi connectivity index (χ2v) is 6.22. The van der Waals surface area contributed by atoms with Crippen LogP contribution in [0.4, 0.5) is 18.0 Å². The first kappa shape index (κ1) is 22.2. The molecular formula is C22H22F3NO3. The summed E-state index contributed by atoms with van der Waals surface area (Å²) in [4.78, 5) is 23.6. The molecule has 1 aromatic rings. The van der Waals surface area contributed by atoms with Crippen molar-refractivity contribution in [1.82, 2.24) is 4.90 Å². The van der Waals surface area contributed by atoms with Gasteiger partial charge in [0, 0.05) is 6.08 Å². The van der Waals surface area contributed by atoms with E-state index in [0.717, 1.165) is 36.0 Å². The van der Waals surface area contributed by atoms with Gasteiger partial charge in [-0.3, -0.25) is 4.79 Å². The zero-order valence-corrected chi connectivity index (χ0v) is 16.0. The number of carbonyl (C=O) groups is 2. The van der Waals surface area contributed by atoms with Gasteiger partial charge in [-0.25, -0.2) is 9.69 Å². The number of hydrogen-bond acceptors (Lipinski definition) is 3. The SMILES string of the molecule is CCC1=CC=CCC=C1.O=C(/C=C/c1ccc(C(F)(F)F)cc1)N1CCOC1=O. The predicted octanol–water partition coefficient (Wildman–Crippen LogP) is 5.54. The fourth-order valence-corrected chi connectivity index (χ4v) is 2.49. The molecule has 3 rings (SSSR count). The molecule has 0 radical (unpaired) electrons. The van der Waals surface area contributed by atoms with Crippen molar-refractivity contribution in [3.63, 3.8) is 0 Å². The summed E-state index contributed by atoms with van der Waals surface area (Å²) >= 11 is 0. The van der Waals surface area contributed by atoms with Crippen molar-refractivity contribution >= 4 is 18.1 Å². The van der Waals surface area contributed by atoms with Gasteiger partial charge in [0.15, 0.2) is 0 Å². The van der Waals surface area contributed by atoms with Crippen molar-refractivity contribution in [2.45, 2.75) is 25.9 Å². The van der Waals surface area contributed by atoms with Crippen LogP contribution in [0.15, 0.2) is 66.3 Å². The number of allylic oxidation sites excluding steroid dienone is 6. The quantitative estimate of drug-likeness (QED) is 0.621. The molecule has 0 unspecified atom stereocenters. The van der Waals surface area contributed by atoms with E-state index in [0.29, 0.717) is 5.56 Å². The molecular weight excluding hydrogens is 383 g/mol. The minimum atomic E-state index is -4.39. The lowest BCUT2D eigenvalue weighted by Gasteiger charge is -2.07. The Morgan fingerprint density at radius 3 is 2.52 bits per heavy atom. The van der Waals surface area contributed by atoms with E-state index < -0.39 is 23.7 Å². The summed E-state index contributed by atoms with van der Waals surface area (Å²) in [7, 11) is 0. The lowest BCUT2D eigenvalue weighted by molar-refractivity contribution is -0.137. The van der Waals surface area contributed by atoms with E-state index in [2.05, 4.69) is 42.0 Å². The number of imide groups is 1. The van der Waals surface area contributed by atoms with Crippen LogP contribution in [0, 0.1) is 0 Å². The maximum atomic E-state index is 12.4. The van der Waals surface area contributed by atoms with Gasteiger partial charge in [0.05, 0.1) is 12.1 Å². The summed E-state index contributed by atoms with van der Waals surface area (Å²) in [5.74, 6) is -0.563. The van der Waals surface area contributed by atoms with Crippen LogP contribution in [0.2, 0.25) is 0 Å². The largest absolute Gasteiger partial charge is 0.447 e. The van der Waals surface area contributed by atoms with E-state index in [4.69, 9.17) is 0 Å². The molecule has 1 aliphatic heterocycles. The molecule has 1 aliphatic carbocycles. The summed E-state index contributed by atoms with van der Waals surface area (Å²) < 4.78 is 41.7. The Morgan fingerprint density at radius 1 is 1.21 bits per heavy atom. The number of cyclic esters (lactones) is 1. The van der Waals surface area contributed by atoms with E-state index in [1.807, 2.05) is 0 Å². The second-order valence-electron chi connectivity index (χ2n) is 6.22. The summed E-state index contributed by atoms with van der Waals surface area (Å²) in [6, 6.07) is 4.34. The zero-order valence-electron chi connectivity index (χ0n) is 16.0. The Kier molecular flexibility index (Phi) is 8.00. The molecule has 1 heterocycles. The van der Waals surface area contributed by atoms with Crippen molar-refractivity contribution in [3.05, 3.63) is 77.4 Å². The summed E-state index contributed by atoms with van der Waals surface area (Å²) in [5.41, 5.74) is 1.09. The highest BCUT2D eigenvalue weighted by atomic mass is 19.4. The highest BCUT2D eigenvalue weighted by Gasteiger charge is 2.30. The van der Waals surface area contributed by atoms with Gasteiger partial charge in [0.1, 0.15) is 6.61 Å². The fraction of sp³-hybridized carbons (Fsp3) is 0.273. The molecule has 1 aromatic carbocycles. The van der Waals surface area contributed by atoms with Crippen LogP contribution in [-0.2, 0) is 15.7 Å². The molecule has 2 aliphatic rings. The third-order valence-corrected chi connectivity index (χ3v) is 4.14. The molecule has 0 bridgehead atoms. The first-order valence-corrected chi connectivity index (χ1v) is 9.17. The average Bonchev–Trinajstić information content (AvgIpc) is 2.96. The molecule has 7 heteroatoms. The van der Waals surface area contributed by atoms with Crippen LogP contribution in [-0.4, -0.2) is 30.1 Å². The maximum absolute atomic E-state index is 12.4. The Hall–Kier alpha value is -3.09. The fourth-order valence-electron chi connectivity index (χ4n) is 2.49. The van der Waals surface area contributed by atoms with Gasteiger partial charge in [0.25, 0.3) is 5.91 Å². The van der Waals surface area contributed by atoms with E-state index in [1.165, 1.54) is 23.8 Å². The number of alkyl halides is 3. The standard InChI is InChI=1S/C13H10F3NO3.C9H12/c14-13(15,16)10-4-1-9(2-5-10)3-6-11(18)17-7-8-20-12(17)19;1-2-9-7-5-3-4-6-8-9/h1-6H,7-8H2;3,5-8H,2,4H2,1H3/b6-3+;. The Labute approximate surface area is 167 Å². The highest BCUT2D eigenvalue weighted by Crippen LogP contribution is 2.29. The molecule has 0 atom stereocenters. The molecule has 29 heavy (non-hydrogen) atoms. The molecule has 0 N–H and O–H groups in total. The number of hydrogen-bond donors (Lipinski definition) is 0. The third-order valence-electron chi connectivity index (χ3n) is 4.14. The van der Waals surface area contributed by atoms with E-state index in [1.54, 1.807) is 0 Å². The van der Waals surface area contributed by atoms with Crippen molar-refractivity contribution in [2.75, 3.05) is 13.2 Å². The van der Waals surface area contributed by atoms with Gasteiger partial charge < -0.3 is 4.74 Å². The molecule has 0 spiro atoms. The summed E-state index contributed by atoms with van der Waals surface area (Å²) in [6.07, 6.45) is 10.4. The highest BCUT2D eigenvalue weighted by molar-refractivity contribution is 6.01. The lowest BCUT2D eigenvalue weighted by atomic mass is 10.1. The Morgan fingerprint density at radius 2 is 1.93 bits per heavy atom. The molecule has 0 saturated carbocycles. The van der Waals surface area contributed by atoms with E-state index in [-0.39, 0.29) is 13.2 Å². The number of carbonyl (C=O) groups excluding carboxylic acids is 2. The number of amides is 2. The Balaban J connectivity index is 0.000000278. The number of ether oxygens (including phenoxy) is 1. The minimum Gasteiger partial charge on any atom is -0.447 e. The van der Waals surface area contributed by atoms with Gasteiger partial charge in [0.2, 0.25) is 0 Å². The van der Waals surface area contributed by atoms with Crippen LogP contribution in [0.25, 0.3) is 6.08 Å². The van der Waals surface area contributed by atoms with E-state index in [9.17, 15) is 22.8 Å². The molecule has 1 saturated heterocycles. The summed E-state index contributed by atoms with van der Waals surface area (Å²) in [6.45, 7) is 2.50. The normalized spacial score (nSPS) is 16.2. The number of benzene rings is 1. The zero-order chi connectivity index (χ0) is 21.3. The first-order valence-electron chi connectivity index (χ1n) is 9.17. The topological polar surface area (TPSA) is 46.6 Å². The third kappa shape index (κ3) is 7.10. The smallest absolute Gasteiger partial charge is 0.416 e. The van der Waals surface area contributed by atoms with Gasteiger partial charge >= 0.3 is 12.3 Å². The lowest BCUT2D eigenvalue weighted by Crippen LogP contribution is -2.29. The van der Waals surface area contributed by atoms with Gasteiger partial charge in [-0.15, -0.1) is 0 Å². The van der Waals surface area contributed by atoms with Crippen molar-refractivity contribution in [2.24, 2.45) is 0 Å². The van der Waals surface area contributed by atoms with Gasteiger partial charge in [-0.2, -0.15) is 13.2 Å².